The molecule has 0 radical (unpaired) electrons. The SMILES string of the molecule is Cc1ccc(C(C)NC2CCCOCC2)cc1F. The summed E-state index contributed by atoms with van der Waals surface area (Å²) in [4.78, 5) is 0. The van der Waals surface area contributed by atoms with Gasteiger partial charge in [0.15, 0.2) is 0 Å². The zero-order valence-electron chi connectivity index (χ0n) is 11.2. The molecule has 1 saturated heterocycles. The van der Waals surface area contributed by atoms with Crippen molar-refractivity contribution < 1.29 is 9.13 Å². The second-order valence-electron chi connectivity index (χ2n) is 5.14. The molecule has 1 N–H and O–H groups in total. The van der Waals surface area contributed by atoms with Crippen molar-refractivity contribution in [2.24, 2.45) is 0 Å². The van der Waals surface area contributed by atoms with Crippen LogP contribution in [0.5, 0.6) is 0 Å². The maximum atomic E-state index is 13.5. The average molecular weight is 251 g/mol. The highest BCUT2D eigenvalue weighted by molar-refractivity contribution is 5.25. The first-order valence-electron chi connectivity index (χ1n) is 6.76. The van der Waals surface area contributed by atoms with Crippen molar-refractivity contribution in [1.82, 2.24) is 5.32 Å². The maximum Gasteiger partial charge on any atom is 0.126 e. The molecule has 3 heteroatoms. The second-order valence-corrected chi connectivity index (χ2v) is 5.14. The zero-order valence-corrected chi connectivity index (χ0v) is 11.2. The number of hydrogen-bond acceptors (Lipinski definition) is 2. The summed E-state index contributed by atoms with van der Waals surface area (Å²) >= 11 is 0. The van der Waals surface area contributed by atoms with Crippen molar-refractivity contribution in [2.75, 3.05) is 13.2 Å². The Bertz CT molecular complexity index is 386. The number of hydrogen-bond donors (Lipinski definition) is 1. The van der Waals surface area contributed by atoms with Gasteiger partial charge in [-0.1, -0.05) is 12.1 Å². The van der Waals surface area contributed by atoms with Gasteiger partial charge in [-0.25, -0.2) is 4.39 Å². The van der Waals surface area contributed by atoms with Crippen molar-refractivity contribution in [2.45, 2.75) is 45.2 Å². The van der Waals surface area contributed by atoms with Gasteiger partial charge in [0.1, 0.15) is 5.82 Å². The van der Waals surface area contributed by atoms with Crippen molar-refractivity contribution in [3.05, 3.63) is 35.1 Å². The van der Waals surface area contributed by atoms with Gasteiger partial charge in [0.25, 0.3) is 0 Å². The molecular formula is C15H22FNO. The van der Waals surface area contributed by atoms with E-state index < -0.39 is 0 Å². The predicted molar refractivity (Wildman–Crippen MR) is 71.1 cm³/mol. The number of nitrogens with one attached hydrogen (secondary N) is 1. The summed E-state index contributed by atoms with van der Waals surface area (Å²) in [7, 11) is 0. The Kier molecular flexibility index (Phi) is 4.72. The molecule has 18 heavy (non-hydrogen) atoms. The number of benzene rings is 1. The lowest BCUT2D eigenvalue weighted by atomic mass is 10.0. The standard InChI is InChI=1S/C15H22FNO/c1-11-5-6-13(10-15(11)16)12(2)17-14-4-3-8-18-9-7-14/h5-6,10,12,14,17H,3-4,7-9H2,1-2H3. The van der Waals surface area contributed by atoms with Gasteiger partial charge in [0.05, 0.1) is 0 Å². The molecule has 0 bridgehead atoms. The van der Waals surface area contributed by atoms with Crippen LogP contribution in [-0.2, 0) is 4.74 Å². The first-order chi connectivity index (χ1) is 8.66. The highest BCUT2D eigenvalue weighted by Gasteiger charge is 2.16. The number of halogens is 1. The molecule has 2 unspecified atom stereocenters. The fraction of sp³-hybridized carbons (Fsp3) is 0.600. The molecule has 0 amide bonds. The Morgan fingerprint density at radius 1 is 1.33 bits per heavy atom. The molecule has 1 fully saturated rings. The van der Waals surface area contributed by atoms with Gasteiger partial charge in [-0.2, -0.15) is 0 Å². The van der Waals surface area contributed by atoms with E-state index >= 15 is 0 Å². The molecule has 1 aliphatic heterocycles. The number of rotatable bonds is 3. The Balaban J connectivity index is 1.97. The largest absolute Gasteiger partial charge is 0.381 e. The lowest BCUT2D eigenvalue weighted by molar-refractivity contribution is 0.142. The fourth-order valence-electron chi connectivity index (χ4n) is 2.40. The lowest BCUT2D eigenvalue weighted by Crippen LogP contribution is -2.31. The third-order valence-corrected chi connectivity index (χ3v) is 3.63. The van der Waals surface area contributed by atoms with Crippen molar-refractivity contribution in [3.63, 3.8) is 0 Å². The van der Waals surface area contributed by atoms with Gasteiger partial charge < -0.3 is 10.1 Å². The minimum Gasteiger partial charge on any atom is -0.381 e. The summed E-state index contributed by atoms with van der Waals surface area (Å²) in [5, 5.41) is 3.58. The molecule has 0 aliphatic carbocycles. The van der Waals surface area contributed by atoms with E-state index in [1.807, 2.05) is 12.1 Å². The Morgan fingerprint density at radius 2 is 2.17 bits per heavy atom. The van der Waals surface area contributed by atoms with Crippen LogP contribution >= 0.6 is 0 Å². The third kappa shape index (κ3) is 3.53. The lowest BCUT2D eigenvalue weighted by Gasteiger charge is -2.22. The molecule has 1 heterocycles. The van der Waals surface area contributed by atoms with Gasteiger partial charge in [-0.3, -0.25) is 0 Å². The van der Waals surface area contributed by atoms with E-state index in [1.165, 1.54) is 0 Å². The minimum atomic E-state index is -0.120. The summed E-state index contributed by atoms with van der Waals surface area (Å²) in [6.45, 7) is 5.58. The van der Waals surface area contributed by atoms with Crippen LogP contribution in [-0.4, -0.2) is 19.3 Å². The quantitative estimate of drug-likeness (QED) is 0.889. The topological polar surface area (TPSA) is 21.3 Å². The molecule has 2 nitrogen and oxygen atoms in total. The van der Waals surface area contributed by atoms with Crippen LogP contribution in [0, 0.1) is 12.7 Å². The van der Waals surface area contributed by atoms with Gasteiger partial charge in [-0.15, -0.1) is 0 Å². The predicted octanol–water partition coefficient (Wildman–Crippen LogP) is 3.35. The molecular weight excluding hydrogens is 229 g/mol. The highest BCUT2D eigenvalue weighted by atomic mass is 19.1. The maximum absolute atomic E-state index is 13.5. The van der Waals surface area contributed by atoms with E-state index in [0.717, 1.165) is 38.0 Å². The molecule has 2 rings (SSSR count). The number of aryl methyl sites for hydroxylation is 1. The van der Waals surface area contributed by atoms with Crippen LogP contribution in [0.4, 0.5) is 4.39 Å². The molecule has 1 aromatic rings. The monoisotopic (exact) mass is 251 g/mol. The van der Waals surface area contributed by atoms with E-state index in [2.05, 4.69) is 12.2 Å². The summed E-state index contributed by atoms with van der Waals surface area (Å²) in [5.41, 5.74) is 1.72. The minimum absolute atomic E-state index is 0.120. The Morgan fingerprint density at radius 3 is 2.94 bits per heavy atom. The smallest absolute Gasteiger partial charge is 0.126 e. The molecule has 2 atom stereocenters. The fourth-order valence-corrected chi connectivity index (χ4v) is 2.40. The highest BCUT2D eigenvalue weighted by Crippen LogP contribution is 2.19. The molecule has 0 spiro atoms. The zero-order chi connectivity index (χ0) is 13.0. The second kappa shape index (κ2) is 6.30. The average Bonchev–Trinajstić information content (AvgIpc) is 2.61. The molecule has 100 valence electrons. The van der Waals surface area contributed by atoms with E-state index in [0.29, 0.717) is 11.6 Å². The van der Waals surface area contributed by atoms with E-state index in [9.17, 15) is 4.39 Å². The summed E-state index contributed by atoms with van der Waals surface area (Å²) in [6.07, 6.45) is 3.28. The van der Waals surface area contributed by atoms with Gasteiger partial charge in [-0.05, 0) is 50.3 Å². The van der Waals surface area contributed by atoms with Crippen molar-refractivity contribution in [1.29, 1.82) is 0 Å². The van der Waals surface area contributed by atoms with Gasteiger partial charge in [0.2, 0.25) is 0 Å². The Labute approximate surface area is 109 Å². The first kappa shape index (κ1) is 13.5. The van der Waals surface area contributed by atoms with Crippen LogP contribution in [0.15, 0.2) is 18.2 Å². The van der Waals surface area contributed by atoms with Crippen molar-refractivity contribution in [3.8, 4) is 0 Å². The van der Waals surface area contributed by atoms with E-state index in [1.54, 1.807) is 13.0 Å². The van der Waals surface area contributed by atoms with Gasteiger partial charge in [0, 0.05) is 25.3 Å². The summed E-state index contributed by atoms with van der Waals surface area (Å²) < 4.78 is 19.0. The van der Waals surface area contributed by atoms with Crippen LogP contribution < -0.4 is 5.32 Å². The molecule has 1 aliphatic rings. The normalized spacial score (nSPS) is 22.5. The molecule has 0 saturated carbocycles. The summed E-state index contributed by atoms with van der Waals surface area (Å²) in [5.74, 6) is -0.120. The van der Waals surface area contributed by atoms with Crippen LogP contribution in [0.1, 0.15) is 43.4 Å². The van der Waals surface area contributed by atoms with Gasteiger partial charge >= 0.3 is 0 Å². The third-order valence-electron chi connectivity index (χ3n) is 3.63. The first-order valence-corrected chi connectivity index (χ1v) is 6.76. The number of ether oxygens (including phenoxy) is 1. The van der Waals surface area contributed by atoms with Crippen LogP contribution in [0.3, 0.4) is 0 Å². The molecule has 1 aromatic carbocycles. The summed E-state index contributed by atoms with van der Waals surface area (Å²) in [6, 6.07) is 6.15. The van der Waals surface area contributed by atoms with E-state index in [-0.39, 0.29) is 11.9 Å². The Hall–Kier alpha value is -0.930. The van der Waals surface area contributed by atoms with Crippen LogP contribution in [0.2, 0.25) is 0 Å². The molecule has 0 aromatic heterocycles. The van der Waals surface area contributed by atoms with Crippen molar-refractivity contribution >= 4 is 0 Å². The van der Waals surface area contributed by atoms with E-state index in [4.69, 9.17) is 4.74 Å². The van der Waals surface area contributed by atoms with Crippen LogP contribution in [0.25, 0.3) is 0 Å².